The standard InChI is InChI=1S/C17H35N/c1-4-6-7-8-9-10-11-17(18-14-5-2)15(3)16-12-13-16/h15-18H,4-14H2,1-3H3. The summed E-state index contributed by atoms with van der Waals surface area (Å²) in [7, 11) is 0. The lowest BCUT2D eigenvalue weighted by Gasteiger charge is -2.25. The van der Waals surface area contributed by atoms with Crippen LogP contribution in [0.5, 0.6) is 0 Å². The molecule has 0 radical (unpaired) electrons. The van der Waals surface area contributed by atoms with Crippen LogP contribution in [0.2, 0.25) is 0 Å². The van der Waals surface area contributed by atoms with E-state index in [1.807, 2.05) is 0 Å². The Morgan fingerprint density at radius 3 is 2.22 bits per heavy atom. The van der Waals surface area contributed by atoms with Crippen molar-refractivity contribution in [3.63, 3.8) is 0 Å². The van der Waals surface area contributed by atoms with Gasteiger partial charge in [0.1, 0.15) is 0 Å². The highest BCUT2D eigenvalue weighted by Gasteiger charge is 2.32. The van der Waals surface area contributed by atoms with Crippen molar-refractivity contribution in [1.29, 1.82) is 0 Å². The van der Waals surface area contributed by atoms with Crippen LogP contribution in [0.3, 0.4) is 0 Å². The zero-order chi connectivity index (χ0) is 13.2. The van der Waals surface area contributed by atoms with Crippen molar-refractivity contribution in [3.05, 3.63) is 0 Å². The van der Waals surface area contributed by atoms with E-state index >= 15 is 0 Å². The Balaban J connectivity index is 2.10. The predicted molar refractivity (Wildman–Crippen MR) is 82.0 cm³/mol. The first kappa shape index (κ1) is 16.0. The van der Waals surface area contributed by atoms with Crippen LogP contribution in [0, 0.1) is 11.8 Å². The molecule has 0 aromatic heterocycles. The van der Waals surface area contributed by atoms with E-state index in [4.69, 9.17) is 0 Å². The first-order valence-corrected chi connectivity index (χ1v) is 8.53. The molecule has 1 fully saturated rings. The number of rotatable bonds is 12. The number of hydrogen-bond donors (Lipinski definition) is 1. The van der Waals surface area contributed by atoms with Gasteiger partial charge >= 0.3 is 0 Å². The van der Waals surface area contributed by atoms with Crippen molar-refractivity contribution >= 4 is 0 Å². The van der Waals surface area contributed by atoms with E-state index in [9.17, 15) is 0 Å². The normalized spacial score (nSPS) is 18.8. The Bertz CT molecular complexity index is 186. The molecule has 1 aliphatic carbocycles. The van der Waals surface area contributed by atoms with Crippen LogP contribution < -0.4 is 5.32 Å². The molecule has 1 aliphatic rings. The molecule has 0 spiro atoms. The molecule has 0 bridgehead atoms. The minimum Gasteiger partial charge on any atom is -0.314 e. The molecule has 1 nitrogen and oxygen atoms in total. The lowest BCUT2D eigenvalue weighted by atomic mass is 9.91. The highest BCUT2D eigenvalue weighted by atomic mass is 14.9. The largest absolute Gasteiger partial charge is 0.314 e. The molecule has 1 rings (SSSR count). The minimum atomic E-state index is 0.795. The van der Waals surface area contributed by atoms with Crippen LogP contribution in [-0.4, -0.2) is 12.6 Å². The molecule has 0 aliphatic heterocycles. The maximum absolute atomic E-state index is 3.79. The summed E-state index contributed by atoms with van der Waals surface area (Å²) >= 11 is 0. The van der Waals surface area contributed by atoms with E-state index in [0.717, 1.165) is 17.9 Å². The van der Waals surface area contributed by atoms with Gasteiger partial charge in [0.25, 0.3) is 0 Å². The van der Waals surface area contributed by atoms with Gasteiger partial charge in [-0.2, -0.15) is 0 Å². The molecule has 0 aromatic carbocycles. The number of unbranched alkanes of at least 4 members (excludes halogenated alkanes) is 5. The zero-order valence-electron chi connectivity index (χ0n) is 13.0. The van der Waals surface area contributed by atoms with E-state index in [-0.39, 0.29) is 0 Å². The second kappa shape index (κ2) is 9.83. The summed E-state index contributed by atoms with van der Waals surface area (Å²) in [5.74, 6) is 1.95. The Morgan fingerprint density at radius 1 is 0.944 bits per heavy atom. The van der Waals surface area contributed by atoms with Gasteiger partial charge in [-0.25, -0.2) is 0 Å². The lowest BCUT2D eigenvalue weighted by Crippen LogP contribution is -2.36. The molecule has 0 saturated heterocycles. The third-order valence-electron chi connectivity index (χ3n) is 4.53. The fourth-order valence-corrected chi connectivity index (χ4v) is 2.98. The van der Waals surface area contributed by atoms with Crippen LogP contribution in [-0.2, 0) is 0 Å². The molecule has 1 saturated carbocycles. The third kappa shape index (κ3) is 6.78. The SMILES string of the molecule is CCCCCCCCC(NCCC)C(C)C1CC1. The van der Waals surface area contributed by atoms with E-state index < -0.39 is 0 Å². The van der Waals surface area contributed by atoms with Crippen molar-refractivity contribution < 1.29 is 0 Å². The summed E-state index contributed by atoms with van der Waals surface area (Å²) in [6.45, 7) is 8.25. The van der Waals surface area contributed by atoms with E-state index in [1.165, 1.54) is 70.8 Å². The predicted octanol–water partition coefficient (Wildman–Crippen LogP) is 5.15. The van der Waals surface area contributed by atoms with Gasteiger partial charge in [-0.3, -0.25) is 0 Å². The molecule has 1 N–H and O–H groups in total. The Morgan fingerprint density at radius 2 is 1.61 bits per heavy atom. The second-order valence-electron chi connectivity index (χ2n) is 6.31. The monoisotopic (exact) mass is 253 g/mol. The van der Waals surface area contributed by atoms with Crippen molar-refractivity contribution in [3.8, 4) is 0 Å². The highest BCUT2D eigenvalue weighted by molar-refractivity contribution is 4.86. The van der Waals surface area contributed by atoms with Gasteiger partial charge in [0.15, 0.2) is 0 Å². The smallest absolute Gasteiger partial charge is 0.00953 e. The van der Waals surface area contributed by atoms with Gasteiger partial charge < -0.3 is 5.32 Å². The summed E-state index contributed by atoms with van der Waals surface area (Å²) in [6, 6.07) is 0.795. The van der Waals surface area contributed by atoms with Gasteiger partial charge in [-0.05, 0) is 44.1 Å². The average Bonchev–Trinajstić information content (AvgIpc) is 3.20. The maximum atomic E-state index is 3.79. The van der Waals surface area contributed by atoms with Crippen LogP contribution in [0.1, 0.15) is 85.0 Å². The molecular formula is C17H35N. The van der Waals surface area contributed by atoms with Crippen molar-refractivity contribution in [1.82, 2.24) is 5.32 Å². The van der Waals surface area contributed by atoms with Crippen LogP contribution in [0.4, 0.5) is 0 Å². The van der Waals surface area contributed by atoms with E-state index in [2.05, 4.69) is 26.1 Å². The molecule has 108 valence electrons. The Labute approximate surface area is 115 Å². The summed E-state index contributed by atoms with van der Waals surface area (Å²) in [4.78, 5) is 0. The first-order valence-electron chi connectivity index (χ1n) is 8.53. The highest BCUT2D eigenvalue weighted by Crippen LogP contribution is 2.39. The number of hydrogen-bond acceptors (Lipinski definition) is 1. The summed E-state index contributed by atoms with van der Waals surface area (Å²) in [6.07, 6.45) is 14.2. The minimum absolute atomic E-state index is 0.795. The molecule has 2 unspecified atom stereocenters. The molecule has 18 heavy (non-hydrogen) atoms. The fraction of sp³-hybridized carbons (Fsp3) is 1.00. The van der Waals surface area contributed by atoms with Crippen molar-refractivity contribution in [2.45, 2.75) is 91.0 Å². The summed E-state index contributed by atoms with van der Waals surface area (Å²) in [5.41, 5.74) is 0. The average molecular weight is 253 g/mol. The van der Waals surface area contributed by atoms with E-state index in [1.54, 1.807) is 0 Å². The van der Waals surface area contributed by atoms with Gasteiger partial charge in [-0.15, -0.1) is 0 Å². The molecule has 0 aromatic rings. The van der Waals surface area contributed by atoms with Crippen molar-refractivity contribution in [2.75, 3.05) is 6.54 Å². The molecule has 0 amide bonds. The zero-order valence-corrected chi connectivity index (χ0v) is 13.0. The number of nitrogens with one attached hydrogen (secondary N) is 1. The first-order chi connectivity index (χ1) is 8.79. The summed E-state index contributed by atoms with van der Waals surface area (Å²) < 4.78 is 0. The molecular weight excluding hydrogens is 218 g/mol. The molecule has 0 heterocycles. The van der Waals surface area contributed by atoms with E-state index in [0.29, 0.717) is 0 Å². The quantitative estimate of drug-likeness (QED) is 0.474. The molecule has 1 heteroatoms. The second-order valence-corrected chi connectivity index (χ2v) is 6.31. The molecule has 2 atom stereocenters. The Hall–Kier alpha value is -0.0400. The van der Waals surface area contributed by atoms with Crippen LogP contribution >= 0.6 is 0 Å². The third-order valence-corrected chi connectivity index (χ3v) is 4.53. The summed E-state index contributed by atoms with van der Waals surface area (Å²) in [5, 5.41) is 3.79. The lowest BCUT2D eigenvalue weighted by molar-refractivity contribution is 0.316. The maximum Gasteiger partial charge on any atom is 0.00953 e. The van der Waals surface area contributed by atoms with Gasteiger partial charge in [0.05, 0.1) is 0 Å². The van der Waals surface area contributed by atoms with Crippen LogP contribution in [0.25, 0.3) is 0 Å². The van der Waals surface area contributed by atoms with Crippen molar-refractivity contribution in [2.24, 2.45) is 11.8 Å². The topological polar surface area (TPSA) is 12.0 Å². The van der Waals surface area contributed by atoms with Gasteiger partial charge in [0.2, 0.25) is 0 Å². The van der Waals surface area contributed by atoms with Crippen LogP contribution in [0.15, 0.2) is 0 Å². The van der Waals surface area contributed by atoms with Gasteiger partial charge in [0, 0.05) is 6.04 Å². The van der Waals surface area contributed by atoms with Gasteiger partial charge in [-0.1, -0.05) is 59.3 Å². The Kier molecular flexibility index (Phi) is 8.75. The fourth-order valence-electron chi connectivity index (χ4n) is 2.98.